The summed E-state index contributed by atoms with van der Waals surface area (Å²) < 4.78 is 13.6. The molecular formula is C12H15FIN3O2. The van der Waals surface area contributed by atoms with E-state index in [0.29, 0.717) is 15.7 Å². The van der Waals surface area contributed by atoms with E-state index in [-0.39, 0.29) is 11.7 Å². The van der Waals surface area contributed by atoms with E-state index in [1.807, 2.05) is 22.6 Å². The summed E-state index contributed by atoms with van der Waals surface area (Å²) in [6.45, 7) is 3.33. The first-order chi connectivity index (χ1) is 8.85. The molecule has 5 nitrogen and oxygen atoms in total. The maximum absolute atomic E-state index is 13.0. The van der Waals surface area contributed by atoms with Crippen LogP contribution >= 0.6 is 22.6 Å². The molecule has 0 fully saturated rings. The molecule has 4 N–H and O–H groups in total. The summed E-state index contributed by atoms with van der Waals surface area (Å²) in [7, 11) is 0. The van der Waals surface area contributed by atoms with E-state index in [1.54, 1.807) is 13.8 Å². The molecule has 0 aliphatic rings. The molecule has 1 atom stereocenters. The van der Waals surface area contributed by atoms with Gasteiger partial charge in [-0.25, -0.2) is 4.39 Å². The topological polar surface area (TPSA) is 87.7 Å². The van der Waals surface area contributed by atoms with E-state index in [4.69, 9.17) is 10.9 Å². The highest BCUT2D eigenvalue weighted by Crippen LogP contribution is 2.26. The van der Waals surface area contributed by atoms with E-state index in [0.717, 1.165) is 0 Å². The molecule has 0 spiro atoms. The van der Waals surface area contributed by atoms with Crippen LogP contribution in [0.5, 0.6) is 0 Å². The molecule has 19 heavy (non-hydrogen) atoms. The molecule has 1 rings (SSSR count). The van der Waals surface area contributed by atoms with Crippen molar-refractivity contribution in [3.63, 3.8) is 0 Å². The molecule has 0 heterocycles. The van der Waals surface area contributed by atoms with E-state index in [9.17, 15) is 9.18 Å². The average molecular weight is 379 g/mol. The van der Waals surface area contributed by atoms with Crippen molar-refractivity contribution >= 4 is 40.0 Å². The van der Waals surface area contributed by atoms with Gasteiger partial charge in [-0.2, -0.15) is 0 Å². The number of nitrogens with zero attached hydrogens (tertiary/aromatic N) is 1. The maximum atomic E-state index is 13.0. The summed E-state index contributed by atoms with van der Waals surface area (Å²) in [5.74, 6) is -0.948. The molecule has 1 aromatic rings. The number of oxime groups is 1. The first kappa shape index (κ1) is 15.7. The van der Waals surface area contributed by atoms with Crippen LogP contribution in [0.1, 0.15) is 20.3 Å². The third-order valence-electron chi connectivity index (χ3n) is 3.06. The number of amides is 1. The minimum Gasteiger partial charge on any atom is -0.409 e. The number of amidine groups is 1. The van der Waals surface area contributed by atoms with Gasteiger partial charge in [0.25, 0.3) is 0 Å². The quantitative estimate of drug-likeness (QED) is 0.247. The van der Waals surface area contributed by atoms with Gasteiger partial charge in [0.15, 0.2) is 5.84 Å². The smallest absolute Gasteiger partial charge is 0.238 e. The molecule has 0 saturated heterocycles. The highest BCUT2D eigenvalue weighted by Gasteiger charge is 2.36. The van der Waals surface area contributed by atoms with Crippen LogP contribution in [0.4, 0.5) is 10.1 Å². The number of benzene rings is 1. The molecule has 0 radical (unpaired) electrons. The Morgan fingerprint density at radius 1 is 1.63 bits per heavy atom. The molecule has 0 aliphatic heterocycles. The zero-order valence-corrected chi connectivity index (χ0v) is 12.7. The lowest BCUT2D eigenvalue weighted by atomic mass is 9.85. The predicted octanol–water partition coefficient (Wildman–Crippen LogP) is 2.53. The number of nitrogens with one attached hydrogen (secondary N) is 1. The van der Waals surface area contributed by atoms with Gasteiger partial charge >= 0.3 is 0 Å². The van der Waals surface area contributed by atoms with Gasteiger partial charge in [-0.05, 0) is 54.1 Å². The van der Waals surface area contributed by atoms with Crippen LogP contribution < -0.4 is 11.1 Å². The van der Waals surface area contributed by atoms with Crippen molar-refractivity contribution in [1.82, 2.24) is 0 Å². The van der Waals surface area contributed by atoms with E-state index >= 15 is 0 Å². The summed E-state index contributed by atoms with van der Waals surface area (Å²) in [6.07, 6.45) is 0.368. The Morgan fingerprint density at radius 2 is 2.26 bits per heavy atom. The Labute approximate surface area is 124 Å². The van der Waals surface area contributed by atoms with E-state index in [2.05, 4.69) is 10.5 Å². The van der Waals surface area contributed by atoms with Gasteiger partial charge in [-0.15, -0.1) is 0 Å². The lowest BCUT2D eigenvalue weighted by Crippen LogP contribution is -2.44. The van der Waals surface area contributed by atoms with Crippen LogP contribution in [0, 0.1) is 14.8 Å². The number of halogens is 2. The fraction of sp³-hybridized carbons (Fsp3) is 0.333. The van der Waals surface area contributed by atoms with Gasteiger partial charge in [0, 0.05) is 3.57 Å². The van der Waals surface area contributed by atoms with Gasteiger partial charge in [0.1, 0.15) is 11.2 Å². The Bertz CT molecular complexity index is 522. The summed E-state index contributed by atoms with van der Waals surface area (Å²) in [6, 6.07) is 4.03. The lowest BCUT2D eigenvalue weighted by molar-refractivity contribution is -0.121. The van der Waals surface area contributed by atoms with Crippen molar-refractivity contribution in [1.29, 1.82) is 0 Å². The molecule has 0 bridgehead atoms. The van der Waals surface area contributed by atoms with Crippen molar-refractivity contribution in [2.24, 2.45) is 16.3 Å². The van der Waals surface area contributed by atoms with Crippen LogP contribution in [0.25, 0.3) is 0 Å². The molecule has 1 aromatic carbocycles. The largest absolute Gasteiger partial charge is 0.409 e. The van der Waals surface area contributed by atoms with Gasteiger partial charge in [0.2, 0.25) is 5.91 Å². The summed E-state index contributed by atoms with van der Waals surface area (Å²) >= 11 is 1.92. The van der Waals surface area contributed by atoms with Crippen molar-refractivity contribution in [3.05, 3.63) is 27.6 Å². The minimum atomic E-state index is -1.12. The molecule has 0 aromatic heterocycles. The standard InChI is InChI=1S/C12H15FIN3O2/c1-3-12(2,10(15)17-19)11(18)16-9-5-4-7(13)6-8(9)14/h4-6,19H,3H2,1-2H3,(H2,15,17)(H,16,18). The second kappa shape index (κ2) is 6.18. The summed E-state index contributed by atoms with van der Waals surface area (Å²) in [4.78, 5) is 12.2. The third-order valence-corrected chi connectivity index (χ3v) is 3.95. The van der Waals surface area contributed by atoms with E-state index in [1.165, 1.54) is 18.2 Å². The number of carbonyl (C=O) groups excluding carboxylic acids is 1. The van der Waals surface area contributed by atoms with Gasteiger partial charge in [0.05, 0.1) is 5.69 Å². The lowest BCUT2D eigenvalue weighted by Gasteiger charge is -2.25. The van der Waals surface area contributed by atoms with Crippen molar-refractivity contribution in [3.8, 4) is 0 Å². The predicted molar refractivity (Wildman–Crippen MR) is 79.6 cm³/mol. The van der Waals surface area contributed by atoms with Crippen LogP contribution in [0.2, 0.25) is 0 Å². The Balaban J connectivity index is 3.01. The first-order valence-electron chi connectivity index (χ1n) is 5.59. The summed E-state index contributed by atoms with van der Waals surface area (Å²) in [5.41, 5.74) is 4.92. The van der Waals surface area contributed by atoms with Crippen LogP contribution in [-0.2, 0) is 4.79 Å². The number of carbonyl (C=O) groups is 1. The van der Waals surface area contributed by atoms with Crippen molar-refractivity contribution < 1.29 is 14.4 Å². The second-order valence-electron chi connectivity index (χ2n) is 4.25. The second-order valence-corrected chi connectivity index (χ2v) is 5.41. The molecule has 0 aliphatic carbocycles. The number of anilines is 1. The minimum absolute atomic E-state index is 0.162. The first-order valence-corrected chi connectivity index (χ1v) is 6.67. The Morgan fingerprint density at radius 3 is 2.74 bits per heavy atom. The normalized spacial score (nSPS) is 14.8. The van der Waals surface area contributed by atoms with Crippen molar-refractivity contribution in [2.75, 3.05) is 5.32 Å². The number of rotatable bonds is 4. The molecular weight excluding hydrogens is 364 g/mol. The highest BCUT2D eigenvalue weighted by atomic mass is 127. The Hall–Kier alpha value is -1.38. The average Bonchev–Trinajstić information content (AvgIpc) is 2.39. The SMILES string of the molecule is CCC(C)(C(=O)Nc1ccc(F)cc1I)/C(N)=N/O. The molecule has 104 valence electrons. The fourth-order valence-corrected chi connectivity index (χ4v) is 2.03. The monoisotopic (exact) mass is 379 g/mol. The molecule has 7 heteroatoms. The summed E-state index contributed by atoms with van der Waals surface area (Å²) in [5, 5.41) is 14.3. The highest BCUT2D eigenvalue weighted by molar-refractivity contribution is 14.1. The van der Waals surface area contributed by atoms with Crippen molar-refractivity contribution in [2.45, 2.75) is 20.3 Å². The number of nitrogens with two attached hydrogens (primary N) is 1. The van der Waals surface area contributed by atoms with Crippen LogP contribution in [-0.4, -0.2) is 17.0 Å². The van der Waals surface area contributed by atoms with Gasteiger partial charge in [-0.1, -0.05) is 12.1 Å². The third kappa shape index (κ3) is 3.34. The number of hydrogen-bond donors (Lipinski definition) is 3. The molecule has 0 saturated carbocycles. The van der Waals surface area contributed by atoms with Crippen LogP contribution in [0.3, 0.4) is 0 Å². The zero-order valence-electron chi connectivity index (χ0n) is 10.6. The zero-order chi connectivity index (χ0) is 14.6. The van der Waals surface area contributed by atoms with Gasteiger partial charge < -0.3 is 16.3 Å². The maximum Gasteiger partial charge on any atom is 0.238 e. The molecule has 1 unspecified atom stereocenters. The van der Waals surface area contributed by atoms with Gasteiger partial charge in [-0.3, -0.25) is 4.79 Å². The fourth-order valence-electron chi connectivity index (χ4n) is 1.42. The van der Waals surface area contributed by atoms with Crippen LogP contribution in [0.15, 0.2) is 23.4 Å². The van der Waals surface area contributed by atoms with E-state index < -0.39 is 11.3 Å². The number of hydrogen-bond acceptors (Lipinski definition) is 3. The Kier molecular flexibility index (Phi) is 5.10. The molecule has 1 amide bonds.